The summed E-state index contributed by atoms with van der Waals surface area (Å²) >= 11 is 5.86. The van der Waals surface area contributed by atoms with E-state index in [0.29, 0.717) is 11.6 Å². The van der Waals surface area contributed by atoms with E-state index < -0.39 is 0 Å². The smallest absolute Gasteiger partial charge is 0.234 e. The van der Waals surface area contributed by atoms with Crippen LogP contribution in [0.25, 0.3) is 0 Å². The van der Waals surface area contributed by atoms with Gasteiger partial charge in [0.05, 0.1) is 6.54 Å². The monoisotopic (exact) mass is 302 g/mol. The van der Waals surface area contributed by atoms with Crippen molar-refractivity contribution < 1.29 is 4.79 Å². The van der Waals surface area contributed by atoms with Crippen LogP contribution >= 0.6 is 11.6 Å². The quantitative estimate of drug-likeness (QED) is 0.859. The first kappa shape index (κ1) is 15.5. The van der Waals surface area contributed by atoms with Gasteiger partial charge in [0.2, 0.25) is 5.91 Å². The fraction of sp³-hybridized carbons (Fsp3) is 0.235. The molecule has 0 aromatic heterocycles. The van der Waals surface area contributed by atoms with Crippen LogP contribution < -0.4 is 10.6 Å². The molecule has 0 aliphatic carbocycles. The Hall–Kier alpha value is -1.84. The number of rotatable bonds is 6. The summed E-state index contributed by atoms with van der Waals surface area (Å²) in [6, 6.07) is 17.6. The largest absolute Gasteiger partial charge is 0.351 e. The molecule has 0 aliphatic rings. The Morgan fingerprint density at radius 3 is 2.43 bits per heavy atom. The van der Waals surface area contributed by atoms with Gasteiger partial charge in [0, 0.05) is 17.6 Å². The second-order valence-electron chi connectivity index (χ2n) is 4.92. The van der Waals surface area contributed by atoms with Gasteiger partial charge < -0.3 is 10.6 Å². The summed E-state index contributed by atoms with van der Waals surface area (Å²) in [6.07, 6.45) is 0. The van der Waals surface area contributed by atoms with Gasteiger partial charge in [-0.15, -0.1) is 0 Å². The summed E-state index contributed by atoms with van der Waals surface area (Å²) in [7, 11) is 0. The number of hydrogen-bond acceptors (Lipinski definition) is 2. The molecule has 1 atom stereocenters. The summed E-state index contributed by atoms with van der Waals surface area (Å²) in [5, 5.41) is 6.81. The minimum absolute atomic E-state index is 0.0142. The zero-order valence-electron chi connectivity index (χ0n) is 12.0. The summed E-state index contributed by atoms with van der Waals surface area (Å²) in [6.45, 7) is 2.86. The zero-order chi connectivity index (χ0) is 15.1. The maximum atomic E-state index is 11.8. The maximum absolute atomic E-state index is 11.8. The molecule has 0 unspecified atom stereocenters. The standard InChI is InChI=1S/C17H19ClN2O/c1-13(15-7-9-16(18)10-8-15)19-12-17(21)20-11-14-5-3-2-4-6-14/h2-10,13,19H,11-12H2,1H3,(H,20,21)/t13-/m1/s1. The molecule has 0 aliphatic heterocycles. The lowest BCUT2D eigenvalue weighted by Crippen LogP contribution is -2.34. The molecule has 0 heterocycles. The highest BCUT2D eigenvalue weighted by Gasteiger charge is 2.07. The number of nitrogens with one attached hydrogen (secondary N) is 2. The van der Waals surface area contributed by atoms with Crippen LogP contribution in [0.3, 0.4) is 0 Å². The predicted molar refractivity (Wildman–Crippen MR) is 86.2 cm³/mol. The zero-order valence-corrected chi connectivity index (χ0v) is 12.7. The van der Waals surface area contributed by atoms with Gasteiger partial charge in [-0.3, -0.25) is 4.79 Å². The lowest BCUT2D eigenvalue weighted by molar-refractivity contribution is -0.120. The van der Waals surface area contributed by atoms with Crippen LogP contribution in [0, 0.1) is 0 Å². The van der Waals surface area contributed by atoms with Crippen molar-refractivity contribution in [2.75, 3.05) is 6.54 Å². The molecule has 0 fully saturated rings. The van der Waals surface area contributed by atoms with Crippen molar-refractivity contribution in [3.8, 4) is 0 Å². The van der Waals surface area contributed by atoms with E-state index in [1.165, 1.54) is 0 Å². The van der Waals surface area contributed by atoms with Crippen LogP contribution in [0.1, 0.15) is 24.1 Å². The number of hydrogen-bond donors (Lipinski definition) is 2. The second-order valence-corrected chi connectivity index (χ2v) is 5.35. The van der Waals surface area contributed by atoms with Gasteiger partial charge in [0.1, 0.15) is 0 Å². The average Bonchev–Trinajstić information content (AvgIpc) is 2.52. The van der Waals surface area contributed by atoms with Crippen molar-refractivity contribution >= 4 is 17.5 Å². The molecule has 2 aromatic carbocycles. The molecular formula is C17H19ClN2O. The van der Waals surface area contributed by atoms with Gasteiger partial charge in [-0.05, 0) is 30.2 Å². The Morgan fingerprint density at radius 2 is 1.76 bits per heavy atom. The van der Waals surface area contributed by atoms with Crippen LogP contribution in [0.2, 0.25) is 5.02 Å². The predicted octanol–water partition coefficient (Wildman–Crippen LogP) is 3.31. The number of benzene rings is 2. The highest BCUT2D eigenvalue weighted by atomic mass is 35.5. The third-order valence-corrected chi connectivity index (χ3v) is 3.52. The lowest BCUT2D eigenvalue weighted by atomic mass is 10.1. The van der Waals surface area contributed by atoms with E-state index in [9.17, 15) is 4.79 Å². The normalized spacial score (nSPS) is 11.9. The van der Waals surface area contributed by atoms with Crippen LogP contribution in [-0.4, -0.2) is 12.5 Å². The highest BCUT2D eigenvalue weighted by Crippen LogP contribution is 2.15. The molecule has 2 N–H and O–H groups in total. The maximum Gasteiger partial charge on any atom is 0.234 e. The van der Waals surface area contributed by atoms with Gasteiger partial charge >= 0.3 is 0 Å². The van der Waals surface area contributed by atoms with Gasteiger partial charge in [-0.1, -0.05) is 54.1 Å². The van der Waals surface area contributed by atoms with Crippen LogP contribution in [-0.2, 0) is 11.3 Å². The Labute approximate surface area is 130 Å². The fourth-order valence-electron chi connectivity index (χ4n) is 1.97. The Balaban J connectivity index is 1.74. The number of carbonyl (C=O) groups is 1. The summed E-state index contributed by atoms with van der Waals surface area (Å²) in [5.41, 5.74) is 2.20. The van der Waals surface area contributed by atoms with E-state index in [4.69, 9.17) is 11.6 Å². The molecule has 2 rings (SSSR count). The molecule has 21 heavy (non-hydrogen) atoms. The Kier molecular flexibility index (Phi) is 5.78. The molecule has 1 amide bonds. The van der Waals surface area contributed by atoms with Crippen molar-refractivity contribution in [1.29, 1.82) is 0 Å². The SMILES string of the molecule is C[C@@H](NCC(=O)NCc1ccccc1)c1ccc(Cl)cc1. The Bertz CT molecular complexity index is 569. The third-order valence-electron chi connectivity index (χ3n) is 3.27. The minimum atomic E-state index is -0.0142. The lowest BCUT2D eigenvalue weighted by Gasteiger charge is -2.14. The molecule has 110 valence electrons. The van der Waals surface area contributed by atoms with Gasteiger partial charge in [-0.25, -0.2) is 0 Å². The fourth-order valence-corrected chi connectivity index (χ4v) is 2.10. The molecular weight excluding hydrogens is 284 g/mol. The first-order chi connectivity index (χ1) is 10.1. The number of halogens is 1. The van der Waals surface area contributed by atoms with Crippen LogP contribution in [0.15, 0.2) is 54.6 Å². The van der Waals surface area contributed by atoms with E-state index in [2.05, 4.69) is 10.6 Å². The van der Waals surface area contributed by atoms with E-state index in [1.807, 2.05) is 61.5 Å². The van der Waals surface area contributed by atoms with Crippen molar-refractivity contribution in [1.82, 2.24) is 10.6 Å². The molecule has 4 heteroatoms. The highest BCUT2D eigenvalue weighted by molar-refractivity contribution is 6.30. The molecule has 0 saturated carbocycles. The van der Waals surface area contributed by atoms with Crippen LogP contribution in [0.5, 0.6) is 0 Å². The molecule has 0 radical (unpaired) electrons. The van der Waals surface area contributed by atoms with Gasteiger partial charge in [-0.2, -0.15) is 0 Å². The van der Waals surface area contributed by atoms with Crippen molar-refractivity contribution in [2.24, 2.45) is 0 Å². The molecule has 2 aromatic rings. The van der Waals surface area contributed by atoms with E-state index in [1.54, 1.807) is 0 Å². The van der Waals surface area contributed by atoms with Gasteiger partial charge in [0.15, 0.2) is 0 Å². The molecule has 0 bridgehead atoms. The van der Waals surface area contributed by atoms with E-state index in [0.717, 1.165) is 11.1 Å². The number of carbonyl (C=O) groups excluding carboxylic acids is 1. The number of amides is 1. The topological polar surface area (TPSA) is 41.1 Å². The first-order valence-corrected chi connectivity index (χ1v) is 7.32. The van der Waals surface area contributed by atoms with Crippen LogP contribution in [0.4, 0.5) is 0 Å². The van der Waals surface area contributed by atoms with Crippen molar-refractivity contribution in [3.05, 3.63) is 70.7 Å². The van der Waals surface area contributed by atoms with E-state index >= 15 is 0 Å². The van der Waals surface area contributed by atoms with Crippen molar-refractivity contribution in [3.63, 3.8) is 0 Å². The second kappa shape index (κ2) is 7.81. The Morgan fingerprint density at radius 1 is 1.10 bits per heavy atom. The first-order valence-electron chi connectivity index (χ1n) is 6.94. The molecule has 0 spiro atoms. The third kappa shape index (κ3) is 5.21. The van der Waals surface area contributed by atoms with Gasteiger partial charge in [0.25, 0.3) is 0 Å². The minimum Gasteiger partial charge on any atom is -0.351 e. The van der Waals surface area contributed by atoms with Crippen molar-refractivity contribution in [2.45, 2.75) is 19.5 Å². The van der Waals surface area contributed by atoms with E-state index in [-0.39, 0.29) is 18.5 Å². The summed E-state index contributed by atoms with van der Waals surface area (Å²) in [5.74, 6) is -0.0142. The molecule has 0 saturated heterocycles. The summed E-state index contributed by atoms with van der Waals surface area (Å²) in [4.78, 5) is 11.8. The average molecular weight is 303 g/mol. The summed E-state index contributed by atoms with van der Waals surface area (Å²) < 4.78 is 0. The molecule has 3 nitrogen and oxygen atoms in total.